The molecule has 1 fully saturated rings. The van der Waals surface area contributed by atoms with Crippen LogP contribution in [0.25, 0.3) is 0 Å². The van der Waals surface area contributed by atoms with Gasteiger partial charge in [-0.1, -0.05) is 0 Å². The topological polar surface area (TPSA) is 120 Å². The summed E-state index contributed by atoms with van der Waals surface area (Å²) in [6.45, 7) is -0.765. The van der Waals surface area contributed by atoms with E-state index in [1.165, 1.54) is 12.3 Å². The highest BCUT2D eigenvalue weighted by molar-refractivity contribution is 5.23. The van der Waals surface area contributed by atoms with Crippen LogP contribution in [-0.4, -0.2) is 51.5 Å². The van der Waals surface area contributed by atoms with Crippen LogP contribution in [0.15, 0.2) is 17.1 Å². The molecule has 0 saturated carbocycles. The fourth-order valence-corrected chi connectivity index (χ4v) is 1.93. The second-order valence-electron chi connectivity index (χ2n) is 4.11. The van der Waals surface area contributed by atoms with Gasteiger partial charge in [0.2, 0.25) is 5.79 Å². The van der Waals surface area contributed by atoms with Crippen LogP contribution in [0, 0.1) is 0 Å². The van der Waals surface area contributed by atoms with E-state index in [0.29, 0.717) is 0 Å². The van der Waals surface area contributed by atoms with E-state index in [4.69, 9.17) is 15.2 Å². The van der Waals surface area contributed by atoms with Crippen LogP contribution >= 0.6 is 0 Å². The minimum atomic E-state index is -1.96. The molecule has 2 rings (SSSR count). The minimum absolute atomic E-state index is 0.0182. The summed E-state index contributed by atoms with van der Waals surface area (Å²) >= 11 is 0. The van der Waals surface area contributed by atoms with E-state index in [1.807, 2.05) is 0 Å². The summed E-state index contributed by atoms with van der Waals surface area (Å²) in [5.41, 5.74) is 4.49. The van der Waals surface area contributed by atoms with Crippen LogP contribution in [0.4, 0.5) is 10.2 Å². The Morgan fingerprint density at radius 1 is 1.74 bits per heavy atom. The Bertz CT molecular complexity index is 518. The Morgan fingerprint density at radius 3 is 2.89 bits per heavy atom. The summed E-state index contributed by atoms with van der Waals surface area (Å²) in [6.07, 6.45) is -3.97. The van der Waals surface area contributed by atoms with E-state index in [-0.39, 0.29) is 5.82 Å². The molecule has 19 heavy (non-hydrogen) atoms. The van der Waals surface area contributed by atoms with E-state index in [0.717, 1.165) is 11.7 Å². The van der Waals surface area contributed by atoms with Crippen molar-refractivity contribution in [3.63, 3.8) is 0 Å². The summed E-state index contributed by atoms with van der Waals surface area (Å²) in [5, 5.41) is 18.9. The zero-order valence-corrected chi connectivity index (χ0v) is 10.1. The third-order valence-corrected chi connectivity index (χ3v) is 3.04. The first kappa shape index (κ1) is 13.9. The number of alkyl halides is 1. The quantitative estimate of drug-likeness (QED) is 0.607. The molecule has 1 saturated heterocycles. The van der Waals surface area contributed by atoms with Gasteiger partial charge in [-0.25, -0.2) is 9.18 Å². The molecule has 2 heterocycles. The van der Waals surface area contributed by atoms with E-state index in [9.17, 15) is 19.4 Å². The van der Waals surface area contributed by atoms with Crippen LogP contribution in [0.5, 0.6) is 0 Å². The number of rotatable bonds is 3. The third kappa shape index (κ3) is 2.10. The highest BCUT2D eigenvalue weighted by atomic mass is 19.1. The second kappa shape index (κ2) is 4.85. The molecule has 1 aliphatic rings. The molecule has 0 aliphatic carbocycles. The smallest absolute Gasteiger partial charge is 0.351 e. The number of aliphatic hydroxyl groups excluding tert-OH is 2. The normalized spacial score (nSPS) is 34.6. The molecule has 8 nitrogen and oxygen atoms in total. The van der Waals surface area contributed by atoms with Crippen molar-refractivity contribution in [1.29, 1.82) is 0 Å². The number of anilines is 1. The van der Waals surface area contributed by atoms with Crippen LogP contribution in [0.1, 0.15) is 6.23 Å². The molecule has 4 atom stereocenters. The standard InChI is InChI=1S/C10H14FN3O5/c1-18-10(4-15)7(16)6(11)8(19-10)14-3-2-5(12)13-9(14)17/h2-3,6-8,15-16H,4H2,1H3,(H2,12,13,17)/t6-,7+,8-,10-/m1/s1. The number of hydrogen-bond donors (Lipinski definition) is 3. The van der Waals surface area contributed by atoms with Crippen molar-refractivity contribution in [2.24, 2.45) is 0 Å². The highest BCUT2D eigenvalue weighted by Gasteiger charge is 2.56. The fraction of sp³-hybridized carbons (Fsp3) is 0.600. The minimum Gasteiger partial charge on any atom is -0.391 e. The Balaban J connectivity index is 2.39. The molecule has 0 radical (unpaired) electrons. The van der Waals surface area contributed by atoms with Crippen LogP contribution < -0.4 is 11.4 Å². The van der Waals surface area contributed by atoms with Crippen molar-refractivity contribution in [2.75, 3.05) is 19.5 Å². The molecule has 0 bridgehead atoms. The molecule has 0 spiro atoms. The Kier molecular flexibility index (Phi) is 3.54. The Morgan fingerprint density at radius 2 is 2.42 bits per heavy atom. The van der Waals surface area contributed by atoms with Gasteiger partial charge in [-0.05, 0) is 6.07 Å². The van der Waals surface area contributed by atoms with Gasteiger partial charge in [-0.2, -0.15) is 4.98 Å². The molecule has 0 unspecified atom stereocenters. The van der Waals surface area contributed by atoms with E-state index < -0.39 is 36.6 Å². The monoisotopic (exact) mass is 275 g/mol. The van der Waals surface area contributed by atoms with Gasteiger partial charge < -0.3 is 25.4 Å². The first-order valence-corrected chi connectivity index (χ1v) is 5.46. The number of nitrogen functional groups attached to an aromatic ring is 1. The Labute approximate surface area is 107 Å². The lowest BCUT2D eigenvalue weighted by Crippen LogP contribution is -2.47. The zero-order chi connectivity index (χ0) is 14.2. The maximum Gasteiger partial charge on any atom is 0.351 e. The molecule has 1 aromatic heterocycles. The van der Waals surface area contributed by atoms with Crippen molar-refractivity contribution in [3.8, 4) is 0 Å². The van der Waals surface area contributed by atoms with Crippen molar-refractivity contribution < 1.29 is 24.1 Å². The van der Waals surface area contributed by atoms with Crippen molar-refractivity contribution in [3.05, 3.63) is 22.7 Å². The van der Waals surface area contributed by atoms with Crippen LogP contribution in [0.3, 0.4) is 0 Å². The number of nitrogens with zero attached hydrogens (tertiary/aromatic N) is 2. The molecule has 4 N–H and O–H groups in total. The number of methoxy groups -OCH3 is 1. The summed E-state index contributed by atoms with van der Waals surface area (Å²) in [7, 11) is 1.15. The molecule has 1 aliphatic heterocycles. The average Bonchev–Trinajstić information content (AvgIpc) is 2.64. The van der Waals surface area contributed by atoms with Gasteiger partial charge >= 0.3 is 5.69 Å². The zero-order valence-electron chi connectivity index (χ0n) is 10.1. The molecular weight excluding hydrogens is 261 g/mol. The predicted octanol–water partition coefficient (Wildman–Crippen LogP) is -1.61. The third-order valence-electron chi connectivity index (χ3n) is 3.04. The maximum absolute atomic E-state index is 14.0. The van der Waals surface area contributed by atoms with Gasteiger partial charge in [-0.3, -0.25) is 4.57 Å². The number of nitrogens with two attached hydrogens (primary N) is 1. The average molecular weight is 275 g/mol. The molecule has 1 aromatic rings. The highest BCUT2D eigenvalue weighted by Crippen LogP contribution is 2.38. The molecule has 0 amide bonds. The van der Waals surface area contributed by atoms with Gasteiger partial charge in [-0.15, -0.1) is 0 Å². The maximum atomic E-state index is 14.0. The fourth-order valence-electron chi connectivity index (χ4n) is 1.93. The van der Waals surface area contributed by atoms with E-state index >= 15 is 0 Å². The van der Waals surface area contributed by atoms with Crippen LogP contribution in [0.2, 0.25) is 0 Å². The number of ether oxygens (including phenoxy) is 2. The predicted molar refractivity (Wildman–Crippen MR) is 60.8 cm³/mol. The lowest BCUT2D eigenvalue weighted by Gasteiger charge is -2.27. The number of aromatic nitrogens is 2. The number of aliphatic hydroxyl groups is 2. The first-order chi connectivity index (χ1) is 8.95. The van der Waals surface area contributed by atoms with Gasteiger partial charge in [0.15, 0.2) is 12.4 Å². The largest absolute Gasteiger partial charge is 0.391 e. The number of halogens is 1. The SMILES string of the molecule is CO[C@]1(CO)O[C@@H](n2ccc(N)nc2=O)[C@H](F)[C@@H]1O. The summed E-state index contributed by atoms with van der Waals surface area (Å²) in [6, 6.07) is 1.29. The van der Waals surface area contributed by atoms with E-state index in [1.54, 1.807) is 0 Å². The van der Waals surface area contributed by atoms with Crippen molar-refractivity contribution in [2.45, 2.75) is 24.3 Å². The lowest BCUT2D eigenvalue weighted by molar-refractivity contribution is -0.269. The lowest BCUT2D eigenvalue weighted by atomic mass is 10.1. The number of hydrogen-bond acceptors (Lipinski definition) is 7. The molecular formula is C10H14FN3O5. The molecule has 106 valence electrons. The van der Waals surface area contributed by atoms with Crippen LogP contribution in [-0.2, 0) is 9.47 Å². The van der Waals surface area contributed by atoms with Crippen molar-refractivity contribution in [1.82, 2.24) is 9.55 Å². The van der Waals surface area contributed by atoms with Gasteiger partial charge in [0.05, 0.1) is 0 Å². The van der Waals surface area contributed by atoms with Gasteiger partial charge in [0.1, 0.15) is 18.5 Å². The summed E-state index contributed by atoms with van der Waals surface area (Å²) in [5.74, 6) is -1.93. The van der Waals surface area contributed by atoms with Gasteiger partial charge in [0, 0.05) is 13.3 Å². The summed E-state index contributed by atoms with van der Waals surface area (Å²) < 4.78 is 24.9. The van der Waals surface area contributed by atoms with Gasteiger partial charge in [0.25, 0.3) is 0 Å². The summed E-state index contributed by atoms with van der Waals surface area (Å²) in [4.78, 5) is 15.0. The Hall–Kier alpha value is -1.55. The first-order valence-electron chi connectivity index (χ1n) is 5.46. The molecule has 0 aromatic carbocycles. The van der Waals surface area contributed by atoms with Crippen molar-refractivity contribution >= 4 is 5.82 Å². The second-order valence-corrected chi connectivity index (χ2v) is 4.11. The molecule has 9 heteroatoms. The van der Waals surface area contributed by atoms with E-state index in [2.05, 4.69) is 4.98 Å².